The lowest BCUT2D eigenvalue weighted by molar-refractivity contribution is 0.0702. The van der Waals surface area contributed by atoms with Crippen LogP contribution in [0.15, 0.2) is 46.6 Å². The summed E-state index contributed by atoms with van der Waals surface area (Å²) in [4.78, 5) is 23.6. The summed E-state index contributed by atoms with van der Waals surface area (Å²) in [6, 6.07) is 7.73. The molecule has 3 heterocycles. The van der Waals surface area contributed by atoms with Gasteiger partial charge in [0.25, 0.3) is 5.91 Å². The van der Waals surface area contributed by atoms with Crippen LogP contribution >= 0.6 is 22.9 Å². The van der Waals surface area contributed by atoms with Gasteiger partial charge in [0.2, 0.25) is 0 Å². The molecule has 1 aliphatic rings. The maximum absolute atomic E-state index is 12.6. The molecular formula is C19H18ClN3O2S. The van der Waals surface area contributed by atoms with Crippen molar-refractivity contribution in [1.82, 2.24) is 14.9 Å². The van der Waals surface area contributed by atoms with Crippen LogP contribution in [0.1, 0.15) is 45.6 Å². The summed E-state index contributed by atoms with van der Waals surface area (Å²) in [5.74, 6) is 1.66. The van der Waals surface area contributed by atoms with Gasteiger partial charge in [0.1, 0.15) is 10.6 Å². The molecule has 1 aromatic carbocycles. The Labute approximate surface area is 160 Å². The highest BCUT2D eigenvalue weighted by atomic mass is 35.5. The zero-order valence-electron chi connectivity index (χ0n) is 14.1. The number of likely N-dealkylation sites (tertiary alicyclic amines) is 1. The SMILES string of the molecule is O=C(c1cncs1)N1CCCC(c2ncc(Cc3ccccc3Cl)o2)C1. The smallest absolute Gasteiger partial charge is 0.265 e. The number of carbonyl (C=O) groups is 1. The predicted octanol–water partition coefficient (Wildman–Crippen LogP) is 4.40. The van der Waals surface area contributed by atoms with E-state index in [-0.39, 0.29) is 11.8 Å². The van der Waals surface area contributed by atoms with Crippen LogP contribution in [0.4, 0.5) is 0 Å². The fraction of sp³-hybridized carbons (Fsp3) is 0.316. The summed E-state index contributed by atoms with van der Waals surface area (Å²) >= 11 is 7.60. The number of thiazole rings is 1. The molecule has 1 fully saturated rings. The third-order valence-electron chi connectivity index (χ3n) is 4.59. The van der Waals surface area contributed by atoms with Gasteiger partial charge in [-0.3, -0.25) is 9.78 Å². The van der Waals surface area contributed by atoms with Crippen molar-refractivity contribution >= 4 is 28.8 Å². The molecule has 4 rings (SSSR count). The molecule has 0 N–H and O–H groups in total. The molecule has 7 heteroatoms. The Kier molecular flexibility index (Phi) is 5.04. The highest BCUT2D eigenvalue weighted by Crippen LogP contribution is 2.29. The minimum absolute atomic E-state index is 0.0417. The first-order chi connectivity index (χ1) is 12.7. The normalized spacial score (nSPS) is 17.4. The lowest BCUT2D eigenvalue weighted by Crippen LogP contribution is -2.38. The van der Waals surface area contributed by atoms with Crippen LogP contribution in [-0.2, 0) is 6.42 Å². The summed E-state index contributed by atoms with van der Waals surface area (Å²) in [7, 11) is 0. The fourth-order valence-electron chi connectivity index (χ4n) is 3.26. The maximum Gasteiger partial charge on any atom is 0.265 e. The van der Waals surface area contributed by atoms with Gasteiger partial charge in [0.05, 0.1) is 23.8 Å². The number of hydrogen-bond donors (Lipinski definition) is 0. The van der Waals surface area contributed by atoms with E-state index in [1.165, 1.54) is 11.3 Å². The fourth-order valence-corrected chi connectivity index (χ4v) is 4.05. The number of amides is 1. The van der Waals surface area contributed by atoms with E-state index >= 15 is 0 Å². The van der Waals surface area contributed by atoms with Crippen molar-refractivity contribution in [3.8, 4) is 0 Å². The molecule has 0 aliphatic carbocycles. The van der Waals surface area contributed by atoms with Crippen molar-refractivity contribution in [2.45, 2.75) is 25.2 Å². The predicted molar refractivity (Wildman–Crippen MR) is 101 cm³/mol. The quantitative estimate of drug-likeness (QED) is 0.665. The molecule has 1 atom stereocenters. The largest absolute Gasteiger partial charge is 0.445 e. The van der Waals surface area contributed by atoms with E-state index in [1.54, 1.807) is 17.9 Å². The molecule has 1 amide bonds. The van der Waals surface area contributed by atoms with Crippen molar-refractivity contribution < 1.29 is 9.21 Å². The first kappa shape index (κ1) is 17.2. The Hall–Kier alpha value is -2.18. The van der Waals surface area contributed by atoms with Gasteiger partial charge in [0.15, 0.2) is 5.89 Å². The van der Waals surface area contributed by atoms with Crippen LogP contribution in [0.5, 0.6) is 0 Å². The van der Waals surface area contributed by atoms with Gasteiger partial charge in [-0.25, -0.2) is 4.98 Å². The first-order valence-electron chi connectivity index (χ1n) is 8.56. The van der Waals surface area contributed by atoms with Crippen LogP contribution in [0.3, 0.4) is 0 Å². The van der Waals surface area contributed by atoms with E-state index in [0.29, 0.717) is 23.7 Å². The molecule has 3 aromatic rings. The van der Waals surface area contributed by atoms with Gasteiger partial charge in [-0.15, -0.1) is 11.3 Å². The number of aromatic nitrogens is 2. The summed E-state index contributed by atoms with van der Waals surface area (Å²) in [6.07, 6.45) is 5.92. The number of benzene rings is 1. The van der Waals surface area contributed by atoms with Crippen LogP contribution < -0.4 is 0 Å². The number of carbonyl (C=O) groups excluding carboxylic acids is 1. The van der Waals surface area contributed by atoms with E-state index in [0.717, 1.165) is 35.7 Å². The van der Waals surface area contributed by atoms with Crippen molar-refractivity contribution in [3.05, 3.63) is 69.3 Å². The Bertz CT molecular complexity index is 894. The monoisotopic (exact) mass is 387 g/mol. The minimum atomic E-state index is 0.0417. The lowest BCUT2D eigenvalue weighted by Gasteiger charge is -2.30. The number of rotatable bonds is 4. The molecule has 1 unspecified atom stereocenters. The topological polar surface area (TPSA) is 59.2 Å². The number of piperidine rings is 1. The third-order valence-corrected chi connectivity index (χ3v) is 5.72. The minimum Gasteiger partial charge on any atom is -0.445 e. The van der Waals surface area contributed by atoms with Crippen LogP contribution in [0, 0.1) is 0 Å². The molecule has 26 heavy (non-hydrogen) atoms. The average Bonchev–Trinajstić information content (AvgIpc) is 3.35. The second-order valence-corrected chi connectivity index (χ2v) is 7.68. The molecule has 2 aromatic heterocycles. The average molecular weight is 388 g/mol. The first-order valence-corrected chi connectivity index (χ1v) is 9.82. The van der Waals surface area contributed by atoms with Crippen molar-refractivity contribution in [2.24, 2.45) is 0 Å². The standard InChI is InChI=1S/C19H18ClN3O2S/c20-16-6-2-1-4-13(16)8-15-9-22-18(25-15)14-5-3-7-23(11-14)19(24)17-10-21-12-26-17/h1-2,4,6,9-10,12,14H,3,5,7-8,11H2. The van der Waals surface area contributed by atoms with E-state index in [9.17, 15) is 4.79 Å². The molecule has 134 valence electrons. The van der Waals surface area contributed by atoms with Crippen molar-refractivity contribution in [2.75, 3.05) is 13.1 Å². The number of nitrogens with zero attached hydrogens (tertiary/aromatic N) is 3. The van der Waals surface area contributed by atoms with Gasteiger partial charge in [-0.1, -0.05) is 29.8 Å². The highest BCUT2D eigenvalue weighted by Gasteiger charge is 2.29. The Morgan fingerprint density at radius 1 is 1.35 bits per heavy atom. The number of oxazole rings is 1. The van der Waals surface area contributed by atoms with E-state index in [4.69, 9.17) is 16.0 Å². The maximum atomic E-state index is 12.6. The van der Waals surface area contributed by atoms with Gasteiger partial charge in [-0.2, -0.15) is 0 Å². The Balaban J connectivity index is 1.45. The molecule has 1 aliphatic heterocycles. The second kappa shape index (κ2) is 7.60. The second-order valence-electron chi connectivity index (χ2n) is 6.39. The van der Waals surface area contributed by atoms with Gasteiger partial charge >= 0.3 is 0 Å². The molecule has 1 saturated heterocycles. The molecule has 0 bridgehead atoms. The Morgan fingerprint density at radius 2 is 2.23 bits per heavy atom. The summed E-state index contributed by atoms with van der Waals surface area (Å²) < 4.78 is 5.98. The summed E-state index contributed by atoms with van der Waals surface area (Å²) in [5, 5.41) is 0.726. The van der Waals surface area contributed by atoms with Gasteiger partial charge in [0, 0.05) is 24.5 Å². The van der Waals surface area contributed by atoms with Gasteiger partial charge in [-0.05, 0) is 24.5 Å². The Morgan fingerprint density at radius 3 is 3.04 bits per heavy atom. The molecule has 0 radical (unpaired) electrons. The molecule has 5 nitrogen and oxygen atoms in total. The van der Waals surface area contributed by atoms with E-state index in [2.05, 4.69) is 9.97 Å². The van der Waals surface area contributed by atoms with Gasteiger partial charge < -0.3 is 9.32 Å². The highest BCUT2D eigenvalue weighted by molar-refractivity contribution is 7.11. The zero-order valence-corrected chi connectivity index (χ0v) is 15.7. The van der Waals surface area contributed by atoms with E-state index < -0.39 is 0 Å². The molecule has 0 saturated carbocycles. The van der Waals surface area contributed by atoms with E-state index in [1.807, 2.05) is 29.2 Å². The van der Waals surface area contributed by atoms with Crippen LogP contribution in [0.25, 0.3) is 0 Å². The molecule has 0 spiro atoms. The van der Waals surface area contributed by atoms with Crippen LogP contribution in [-0.4, -0.2) is 33.9 Å². The number of halogens is 1. The molecular weight excluding hydrogens is 370 g/mol. The van der Waals surface area contributed by atoms with Crippen molar-refractivity contribution in [1.29, 1.82) is 0 Å². The number of hydrogen-bond acceptors (Lipinski definition) is 5. The lowest BCUT2D eigenvalue weighted by atomic mass is 9.98. The zero-order chi connectivity index (χ0) is 17.9. The van der Waals surface area contributed by atoms with Crippen LogP contribution in [0.2, 0.25) is 5.02 Å². The third kappa shape index (κ3) is 3.66. The van der Waals surface area contributed by atoms with Crippen molar-refractivity contribution in [3.63, 3.8) is 0 Å². The summed E-state index contributed by atoms with van der Waals surface area (Å²) in [5.41, 5.74) is 2.70. The summed E-state index contributed by atoms with van der Waals surface area (Å²) in [6.45, 7) is 1.39.